The third kappa shape index (κ3) is 3.45. The van der Waals surface area contributed by atoms with Crippen molar-refractivity contribution in [2.75, 3.05) is 0 Å². The Balaban J connectivity index is 1.80. The van der Waals surface area contributed by atoms with Gasteiger partial charge in [0.2, 0.25) is 0 Å². The van der Waals surface area contributed by atoms with Crippen LogP contribution in [-0.2, 0) is 9.22 Å². The Morgan fingerprint density at radius 3 is 1.87 bits per heavy atom. The van der Waals surface area contributed by atoms with Crippen molar-refractivity contribution in [2.45, 2.75) is 56.8 Å². The van der Waals surface area contributed by atoms with Crippen molar-refractivity contribution in [3.8, 4) is 0 Å². The zero-order valence-electron chi connectivity index (χ0n) is 18.1. The van der Waals surface area contributed by atoms with Crippen LogP contribution in [-0.4, -0.2) is 53.7 Å². The van der Waals surface area contributed by atoms with Gasteiger partial charge in [-0.3, -0.25) is 4.90 Å². The molecule has 4 rings (SSSR count). The second-order valence-electron chi connectivity index (χ2n) is 9.58. The summed E-state index contributed by atoms with van der Waals surface area (Å²) in [5.74, 6) is -1.44. The minimum absolute atomic E-state index is 0.219. The summed E-state index contributed by atoms with van der Waals surface area (Å²) in [6.07, 6.45) is -0.394. The zero-order chi connectivity index (χ0) is 22.4. The van der Waals surface area contributed by atoms with Gasteiger partial charge in [-0.2, -0.15) is 0 Å². The van der Waals surface area contributed by atoms with Crippen LogP contribution in [0.15, 0.2) is 60.7 Å². The van der Waals surface area contributed by atoms with E-state index in [1.54, 1.807) is 0 Å². The molecular weight excluding hydrogens is 410 g/mol. The molecule has 7 heteroatoms. The molecule has 164 valence electrons. The Bertz CT molecular complexity index is 919. The van der Waals surface area contributed by atoms with Gasteiger partial charge in [0, 0.05) is 12.0 Å². The number of carbonyl (C=O) groups is 2. The van der Waals surface area contributed by atoms with Gasteiger partial charge in [0.05, 0.1) is 6.10 Å². The van der Waals surface area contributed by atoms with Crippen molar-refractivity contribution >= 4 is 30.8 Å². The van der Waals surface area contributed by atoms with Crippen LogP contribution in [0.1, 0.15) is 33.6 Å². The number of nitrogens with zero attached hydrogens (tertiary/aromatic N) is 1. The monoisotopic (exact) mass is 439 g/mol. The smallest absolute Gasteiger partial charge is 0.408 e. The first kappa shape index (κ1) is 21.6. The molecule has 1 saturated carbocycles. The highest BCUT2D eigenvalue weighted by atomic mass is 28.4. The molecule has 2 bridgehead atoms. The van der Waals surface area contributed by atoms with Crippen LogP contribution in [0.4, 0.5) is 4.79 Å². The first-order valence-corrected chi connectivity index (χ1v) is 12.6. The van der Waals surface area contributed by atoms with E-state index in [1.807, 2.05) is 36.4 Å². The summed E-state index contributed by atoms with van der Waals surface area (Å²) < 4.78 is 7.13. The van der Waals surface area contributed by atoms with Crippen LogP contribution < -0.4 is 10.4 Å². The van der Waals surface area contributed by atoms with Crippen molar-refractivity contribution in [1.82, 2.24) is 4.90 Å². The maximum atomic E-state index is 12.0. The molecule has 2 N–H and O–H groups in total. The van der Waals surface area contributed by atoms with Crippen molar-refractivity contribution in [3.05, 3.63) is 60.7 Å². The van der Waals surface area contributed by atoms with Crippen molar-refractivity contribution in [3.63, 3.8) is 0 Å². The van der Waals surface area contributed by atoms with Gasteiger partial charge in [-0.25, -0.2) is 9.59 Å². The molecule has 1 amide bonds. The Hall–Kier alpha value is -2.64. The molecule has 1 saturated heterocycles. The van der Waals surface area contributed by atoms with E-state index in [4.69, 9.17) is 4.43 Å². The number of hydrogen-bond donors (Lipinski definition) is 2. The molecule has 2 aliphatic rings. The number of aliphatic carboxylic acids is 1. The van der Waals surface area contributed by atoms with E-state index >= 15 is 0 Å². The standard InChI is InChI=1S/C24H29NO5Si/c1-24(2,3)31(17-10-6-4-7-11-17,18-12-8-5-9-13-18)30-20-15-16-14-19(20)21(22(26)27)25(16)23(28)29/h4-13,16,19-21H,14-15H2,1-3H3,(H,26,27)(H,28,29). The highest BCUT2D eigenvalue weighted by Gasteiger charge is 2.60. The third-order valence-corrected chi connectivity index (χ3v) is 11.9. The lowest BCUT2D eigenvalue weighted by atomic mass is 9.96. The summed E-state index contributed by atoms with van der Waals surface area (Å²) in [5, 5.41) is 21.5. The number of piperidine rings is 1. The topological polar surface area (TPSA) is 87.1 Å². The number of amides is 1. The Labute approximate surface area is 183 Å². The maximum absolute atomic E-state index is 12.0. The maximum Gasteiger partial charge on any atom is 0.408 e. The number of carboxylic acid groups (broad SMARTS) is 2. The van der Waals surface area contributed by atoms with Crippen molar-refractivity contribution in [1.29, 1.82) is 0 Å². The first-order chi connectivity index (χ1) is 14.7. The summed E-state index contributed by atoms with van der Waals surface area (Å²) in [5.41, 5.74) is 0. The fraction of sp³-hybridized carbons (Fsp3) is 0.417. The average Bonchev–Trinajstić information content (AvgIpc) is 3.30. The van der Waals surface area contributed by atoms with Crippen LogP contribution in [0, 0.1) is 5.92 Å². The van der Waals surface area contributed by atoms with E-state index in [0.717, 1.165) is 15.3 Å². The van der Waals surface area contributed by atoms with Gasteiger partial charge in [-0.05, 0) is 28.3 Å². The van der Waals surface area contributed by atoms with E-state index in [1.165, 1.54) is 0 Å². The summed E-state index contributed by atoms with van der Waals surface area (Å²) in [6, 6.07) is 19.1. The van der Waals surface area contributed by atoms with E-state index in [0.29, 0.717) is 12.8 Å². The number of fused-ring (bicyclic) bond motifs is 2. The van der Waals surface area contributed by atoms with Gasteiger partial charge in [-0.1, -0.05) is 81.4 Å². The first-order valence-electron chi connectivity index (χ1n) is 10.7. The Morgan fingerprint density at radius 2 is 1.45 bits per heavy atom. The lowest BCUT2D eigenvalue weighted by Gasteiger charge is -2.47. The van der Waals surface area contributed by atoms with Crippen LogP contribution in [0.25, 0.3) is 0 Å². The van der Waals surface area contributed by atoms with Gasteiger partial charge in [0.1, 0.15) is 6.04 Å². The number of benzene rings is 2. The van der Waals surface area contributed by atoms with Gasteiger partial charge < -0.3 is 14.6 Å². The molecule has 4 unspecified atom stereocenters. The van der Waals surface area contributed by atoms with Crippen molar-refractivity contribution < 1.29 is 24.2 Å². The van der Waals surface area contributed by atoms with E-state index < -0.39 is 26.4 Å². The summed E-state index contributed by atoms with van der Waals surface area (Å²) in [6.45, 7) is 6.56. The summed E-state index contributed by atoms with van der Waals surface area (Å²) in [7, 11) is -2.82. The van der Waals surface area contributed by atoms with Crippen LogP contribution in [0.5, 0.6) is 0 Å². The van der Waals surface area contributed by atoms with Crippen molar-refractivity contribution in [2.24, 2.45) is 5.92 Å². The Kier molecular flexibility index (Phi) is 5.43. The molecule has 6 nitrogen and oxygen atoms in total. The largest absolute Gasteiger partial charge is 0.480 e. The normalized spacial score (nSPS) is 25.6. The fourth-order valence-corrected chi connectivity index (χ4v) is 10.4. The second kappa shape index (κ2) is 7.80. The number of carboxylic acids is 1. The van der Waals surface area contributed by atoms with Gasteiger partial charge in [-0.15, -0.1) is 0 Å². The van der Waals surface area contributed by atoms with E-state index in [9.17, 15) is 19.8 Å². The minimum atomic E-state index is -2.82. The molecule has 31 heavy (non-hydrogen) atoms. The molecular formula is C24H29NO5Si. The molecule has 1 aliphatic heterocycles. The minimum Gasteiger partial charge on any atom is -0.480 e. The predicted molar refractivity (Wildman–Crippen MR) is 120 cm³/mol. The molecule has 0 aromatic heterocycles. The molecule has 1 heterocycles. The number of rotatable bonds is 5. The predicted octanol–water partition coefficient (Wildman–Crippen LogP) is 3.16. The molecule has 1 aliphatic carbocycles. The summed E-state index contributed by atoms with van der Waals surface area (Å²) in [4.78, 5) is 24.9. The SMILES string of the molecule is CC(C)(C)[Si](OC1CC2CC1C(C(=O)O)N2C(=O)O)(c1ccccc1)c1ccccc1. The number of likely N-dealkylation sites (tertiary alicyclic amines) is 1. The molecule has 2 aromatic carbocycles. The van der Waals surface area contributed by atoms with Crippen LogP contribution in [0.3, 0.4) is 0 Å². The number of hydrogen-bond acceptors (Lipinski definition) is 3. The molecule has 0 radical (unpaired) electrons. The van der Waals surface area contributed by atoms with Gasteiger partial charge in [0.25, 0.3) is 8.32 Å². The fourth-order valence-electron chi connectivity index (χ4n) is 5.63. The highest BCUT2D eigenvalue weighted by molar-refractivity contribution is 6.99. The van der Waals surface area contributed by atoms with Crippen LogP contribution in [0.2, 0.25) is 5.04 Å². The molecule has 0 spiro atoms. The third-order valence-electron chi connectivity index (χ3n) is 6.84. The zero-order valence-corrected chi connectivity index (χ0v) is 19.1. The van der Waals surface area contributed by atoms with Gasteiger partial charge in [0.15, 0.2) is 0 Å². The van der Waals surface area contributed by atoms with E-state index in [-0.39, 0.29) is 23.1 Å². The van der Waals surface area contributed by atoms with Gasteiger partial charge >= 0.3 is 12.1 Å². The molecule has 2 fully saturated rings. The lowest BCUT2D eigenvalue weighted by Crippen LogP contribution is -2.69. The molecule has 2 aromatic rings. The molecule has 4 atom stereocenters. The van der Waals surface area contributed by atoms with E-state index in [2.05, 4.69) is 45.0 Å². The Morgan fingerprint density at radius 1 is 0.935 bits per heavy atom. The summed E-state index contributed by atoms with van der Waals surface area (Å²) >= 11 is 0. The van der Waals surface area contributed by atoms with Crippen LogP contribution >= 0.6 is 0 Å². The quantitative estimate of drug-likeness (QED) is 0.699. The lowest BCUT2D eigenvalue weighted by molar-refractivity contribution is -0.145. The average molecular weight is 440 g/mol. The second-order valence-corrected chi connectivity index (χ2v) is 13.8. The highest BCUT2D eigenvalue weighted by Crippen LogP contribution is 2.47.